The standard InChI is InChI=1S/C15H16IN3P/c17-11-2-1-3-13(8-11)19-14-9-12(18)4-5-15(14)20-7-6-16-10-20/h1-6,8-10,19H,7,17-18H2/q+1. The van der Waals surface area contributed by atoms with E-state index in [2.05, 4.69) is 19.2 Å². The summed E-state index contributed by atoms with van der Waals surface area (Å²) >= 11 is 0.190. The molecule has 1 aliphatic rings. The number of rotatable bonds is 3. The molecule has 0 aromatic heterocycles. The molecule has 20 heavy (non-hydrogen) atoms. The number of halogens is 1. The van der Waals surface area contributed by atoms with Crippen LogP contribution in [0.3, 0.4) is 0 Å². The normalized spacial score (nSPS) is 15.5. The summed E-state index contributed by atoms with van der Waals surface area (Å²) in [7, 11) is -0.158. The number of hydrogen-bond acceptors (Lipinski definition) is 3. The molecule has 3 rings (SSSR count). The molecule has 1 heterocycles. The number of nitrogen functional groups attached to an aromatic ring is 2. The molecule has 0 saturated carbocycles. The van der Waals surface area contributed by atoms with Gasteiger partial charge in [0.1, 0.15) is 17.5 Å². The Balaban J connectivity index is 1.97. The first-order chi connectivity index (χ1) is 9.72. The van der Waals surface area contributed by atoms with Crippen molar-refractivity contribution < 1.29 is 0 Å². The molecule has 0 fully saturated rings. The number of nitrogens with one attached hydrogen (secondary N) is 1. The minimum absolute atomic E-state index is 0.158. The zero-order valence-corrected chi connectivity index (χ0v) is 13.9. The van der Waals surface area contributed by atoms with Gasteiger partial charge in [-0.2, -0.15) is 0 Å². The van der Waals surface area contributed by atoms with Crippen LogP contribution in [-0.2, 0) is 0 Å². The van der Waals surface area contributed by atoms with Crippen LogP contribution in [0.2, 0.25) is 0 Å². The van der Waals surface area contributed by atoms with Gasteiger partial charge in [0.05, 0.1) is 5.69 Å². The molecule has 0 spiro atoms. The minimum atomic E-state index is -0.158. The summed E-state index contributed by atoms with van der Waals surface area (Å²) in [4.78, 5) is 0. The molecule has 0 bridgehead atoms. The monoisotopic (exact) mass is 396 g/mol. The Kier molecular flexibility index (Phi) is 4.03. The van der Waals surface area contributed by atoms with Crippen LogP contribution in [0.4, 0.5) is 22.7 Å². The highest BCUT2D eigenvalue weighted by molar-refractivity contribution is 14.2. The molecule has 1 unspecified atom stereocenters. The number of nitrogens with two attached hydrogens (primary N) is 2. The zero-order chi connectivity index (χ0) is 13.9. The van der Waals surface area contributed by atoms with E-state index in [0.29, 0.717) is 0 Å². The van der Waals surface area contributed by atoms with Crippen LogP contribution in [0.25, 0.3) is 0 Å². The molecule has 3 nitrogen and oxygen atoms in total. The van der Waals surface area contributed by atoms with Crippen molar-refractivity contribution in [2.45, 2.75) is 0 Å². The Hall–Kier alpha value is -1.39. The van der Waals surface area contributed by atoms with Crippen LogP contribution in [0.5, 0.6) is 0 Å². The molecule has 5 heteroatoms. The van der Waals surface area contributed by atoms with Crippen molar-refractivity contribution >= 4 is 64.1 Å². The fraction of sp³-hybridized carbons (Fsp3) is 0.0667. The van der Waals surface area contributed by atoms with E-state index in [1.165, 1.54) is 11.5 Å². The van der Waals surface area contributed by atoms with Gasteiger partial charge in [-0.15, -0.1) is 0 Å². The Morgan fingerprint density at radius 3 is 2.65 bits per heavy atom. The van der Waals surface area contributed by atoms with E-state index in [0.717, 1.165) is 22.7 Å². The van der Waals surface area contributed by atoms with Crippen LogP contribution < -0.4 is 22.1 Å². The summed E-state index contributed by atoms with van der Waals surface area (Å²) in [5, 5.41) is 4.85. The highest BCUT2D eigenvalue weighted by Gasteiger charge is 2.20. The average Bonchev–Trinajstić information content (AvgIpc) is 2.93. The molecule has 0 saturated heterocycles. The first-order valence-electron chi connectivity index (χ1n) is 6.28. The highest BCUT2D eigenvalue weighted by atomic mass is 127. The van der Waals surface area contributed by atoms with Crippen molar-refractivity contribution in [2.24, 2.45) is 0 Å². The summed E-state index contributed by atoms with van der Waals surface area (Å²) in [5.41, 5.74) is 15.4. The second-order valence-electron chi connectivity index (χ2n) is 4.56. The lowest BCUT2D eigenvalue weighted by atomic mass is 10.2. The molecule has 102 valence electrons. The Bertz CT molecular complexity index is 710. The van der Waals surface area contributed by atoms with Crippen molar-refractivity contribution in [1.29, 1.82) is 0 Å². The maximum Gasteiger partial charge on any atom is 0.172 e. The van der Waals surface area contributed by atoms with E-state index in [9.17, 15) is 0 Å². The zero-order valence-electron chi connectivity index (χ0n) is 10.9. The third kappa shape index (κ3) is 3.02. The maximum absolute atomic E-state index is 5.94. The smallest absolute Gasteiger partial charge is 0.172 e. The van der Waals surface area contributed by atoms with Gasteiger partial charge in [-0.05, 0) is 61.1 Å². The van der Waals surface area contributed by atoms with Gasteiger partial charge in [0.15, 0.2) is 5.30 Å². The van der Waals surface area contributed by atoms with Gasteiger partial charge >= 0.3 is 0 Å². The van der Waals surface area contributed by atoms with Crippen molar-refractivity contribution in [3.63, 3.8) is 0 Å². The number of benzene rings is 2. The third-order valence-corrected chi connectivity index (χ3v) is 9.59. The molecule has 0 radical (unpaired) electrons. The quantitative estimate of drug-likeness (QED) is 0.424. The van der Waals surface area contributed by atoms with E-state index in [1.807, 2.05) is 36.4 Å². The third-order valence-electron chi connectivity index (χ3n) is 3.02. The fourth-order valence-electron chi connectivity index (χ4n) is 2.09. The average molecular weight is 396 g/mol. The van der Waals surface area contributed by atoms with Crippen LogP contribution in [-0.4, -0.2) is 14.0 Å². The number of hydrogen-bond donors (Lipinski definition) is 3. The van der Waals surface area contributed by atoms with Gasteiger partial charge in [-0.3, -0.25) is 0 Å². The highest BCUT2D eigenvalue weighted by Crippen LogP contribution is 2.33. The molecular formula is C15H16IN3P+. The van der Waals surface area contributed by atoms with Crippen LogP contribution in [0.1, 0.15) is 0 Å². The minimum Gasteiger partial charge on any atom is -0.399 e. The summed E-state index contributed by atoms with van der Waals surface area (Å²) in [6, 6.07) is 14.0. The summed E-state index contributed by atoms with van der Waals surface area (Å²) in [5.74, 6) is 0. The predicted molar refractivity (Wildman–Crippen MR) is 103 cm³/mol. The fourth-order valence-corrected chi connectivity index (χ4v) is 9.00. The predicted octanol–water partition coefficient (Wildman–Crippen LogP) is 3.25. The first kappa shape index (κ1) is 13.6. The van der Waals surface area contributed by atoms with E-state index in [-0.39, 0.29) is 28.3 Å². The first-order valence-corrected chi connectivity index (χ1v) is 10.4. The second kappa shape index (κ2) is 5.94. The van der Waals surface area contributed by atoms with E-state index in [4.69, 9.17) is 11.5 Å². The van der Waals surface area contributed by atoms with Gasteiger partial charge in [-0.1, -0.05) is 6.07 Å². The van der Waals surface area contributed by atoms with Gasteiger partial charge in [-0.25, -0.2) is 0 Å². The summed E-state index contributed by atoms with van der Waals surface area (Å²) < 4.78 is 4.97. The SMILES string of the molecule is Nc1cccc(Nc2cc(N)ccc2[P+]2=CI=CC2)c1. The summed E-state index contributed by atoms with van der Waals surface area (Å²) in [6.45, 7) is 0. The van der Waals surface area contributed by atoms with Crippen LogP contribution >= 0.6 is 28.3 Å². The lowest BCUT2D eigenvalue weighted by molar-refractivity contribution is 1.57. The van der Waals surface area contributed by atoms with Crippen LogP contribution in [0.15, 0.2) is 42.5 Å². The van der Waals surface area contributed by atoms with Crippen molar-refractivity contribution in [3.8, 4) is 0 Å². The molecule has 0 aliphatic carbocycles. The lowest BCUT2D eigenvalue weighted by Crippen LogP contribution is -2.08. The van der Waals surface area contributed by atoms with Crippen LogP contribution in [0, 0.1) is 0 Å². The van der Waals surface area contributed by atoms with E-state index >= 15 is 0 Å². The molecule has 2 aromatic carbocycles. The summed E-state index contributed by atoms with van der Waals surface area (Å²) in [6.07, 6.45) is 1.21. The Morgan fingerprint density at radius 2 is 1.90 bits per heavy atom. The Morgan fingerprint density at radius 1 is 1.05 bits per heavy atom. The van der Waals surface area contributed by atoms with Crippen molar-refractivity contribution in [2.75, 3.05) is 22.9 Å². The molecule has 1 aliphatic heterocycles. The van der Waals surface area contributed by atoms with E-state index in [1.54, 1.807) is 0 Å². The maximum atomic E-state index is 5.94. The number of anilines is 4. The van der Waals surface area contributed by atoms with Crippen molar-refractivity contribution in [1.82, 2.24) is 0 Å². The van der Waals surface area contributed by atoms with Gasteiger partial charge in [0, 0.05) is 17.1 Å². The Labute approximate surface area is 129 Å². The molecule has 0 amide bonds. The van der Waals surface area contributed by atoms with Gasteiger partial charge < -0.3 is 16.8 Å². The van der Waals surface area contributed by atoms with Gasteiger partial charge in [0.2, 0.25) is 0 Å². The lowest BCUT2D eigenvalue weighted by Gasteiger charge is -2.09. The molecule has 5 N–H and O–H groups in total. The largest absolute Gasteiger partial charge is 0.399 e. The van der Waals surface area contributed by atoms with Crippen molar-refractivity contribution in [3.05, 3.63) is 42.5 Å². The van der Waals surface area contributed by atoms with E-state index < -0.39 is 0 Å². The molecule has 1 atom stereocenters. The second-order valence-corrected chi connectivity index (χ2v) is 9.81. The molecule has 2 aromatic rings. The topological polar surface area (TPSA) is 64.1 Å². The molecular weight excluding hydrogens is 380 g/mol. The van der Waals surface area contributed by atoms with Gasteiger partial charge in [0.25, 0.3) is 0 Å².